The van der Waals surface area contributed by atoms with E-state index >= 15 is 0 Å². The highest BCUT2D eigenvalue weighted by Gasteiger charge is 2.31. The molecule has 1 aromatic carbocycles. The molecule has 0 fully saturated rings. The number of carbonyl (C=O) groups is 2. The van der Waals surface area contributed by atoms with E-state index in [0.29, 0.717) is 23.3 Å². The van der Waals surface area contributed by atoms with Gasteiger partial charge in [-0.05, 0) is 37.8 Å². The Bertz CT molecular complexity index is 593. The maximum atomic E-state index is 12.3. The van der Waals surface area contributed by atoms with Crippen LogP contribution in [0, 0.1) is 0 Å². The van der Waals surface area contributed by atoms with E-state index < -0.39 is 0 Å². The highest BCUT2D eigenvalue weighted by Crippen LogP contribution is 2.36. The molecule has 0 radical (unpaired) electrons. The Balaban J connectivity index is 2.04. The second kappa shape index (κ2) is 5.39. The van der Waals surface area contributed by atoms with Crippen LogP contribution in [-0.4, -0.2) is 29.1 Å². The summed E-state index contributed by atoms with van der Waals surface area (Å²) in [5.41, 5.74) is 0.889. The number of aromatic hydroxyl groups is 1. The van der Waals surface area contributed by atoms with Crippen molar-refractivity contribution < 1.29 is 24.2 Å². The van der Waals surface area contributed by atoms with Gasteiger partial charge >= 0.3 is 5.97 Å². The molecule has 4 rings (SSSR count). The fourth-order valence-corrected chi connectivity index (χ4v) is 3.01. The average molecular weight is 290 g/mol. The van der Waals surface area contributed by atoms with Gasteiger partial charge in [-0.15, -0.1) is 0 Å². The van der Waals surface area contributed by atoms with Gasteiger partial charge in [0, 0.05) is 12.5 Å². The topological polar surface area (TPSA) is 72.8 Å². The normalized spacial score (nSPS) is 25.6. The third kappa shape index (κ3) is 2.86. The van der Waals surface area contributed by atoms with Crippen molar-refractivity contribution in [2.24, 2.45) is 0 Å². The maximum absolute atomic E-state index is 12.3. The highest BCUT2D eigenvalue weighted by atomic mass is 16.5. The molecule has 3 aliphatic heterocycles. The van der Waals surface area contributed by atoms with Crippen molar-refractivity contribution in [3.05, 3.63) is 23.3 Å². The molecule has 5 heteroatoms. The monoisotopic (exact) mass is 290 g/mol. The zero-order chi connectivity index (χ0) is 15.0. The van der Waals surface area contributed by atoms with Crippen molar-refractivity contribution in [2.45, 2.75) is 51.2 Å². The Hall–Kier alpha value is -2.04. The highest BCUT2D eigenvalue weighted by molar-refractivity contribution is 6.02. The number of fused-ring (bicyclic) bond motifs is 7. The molecule has 4 bridgehead atoms. The molecular formula is C16H18O5. The first kappa shape index (κ1) is 13.9. The van der Waals surface area contributed by atoms with Crippen molar-refractivity contribution in [3.8, 4) is 11.5 Å². The number of esters is 1. The Labute approximate surface area is 122 Å². The third-order valence-corrected chi connectivity index (χ3v) is 3.96. The second-order valence-electron chi connectivity index (χ2n) is 5.75. The van der Waals surface area contributed by atoms with Gasteiger partial charge in [0.1, 0.15) is 17.6 Å². The molecule has 3 heterocycles. The van der Waals surface area contributed by atoms with Crippen molar-refractivity contribution in [1.82, 2.24) is 0 Å². The van der Waals surface area contributed by atoms with Crippen molar-refractivity contribution in [2.75, 3.05) is 0 Å². The Morgan fingerprint density at radius 1 is 1.19 bits per heavy atom. The molecule has 0 spiro atoms. The van der Waals surface area contributed by atoms with E-state index in [4.69, 9.17) is 9.47 Å². The molecule has 0 saturated heterocycles. The zero-order valence-electron chi connectivity index (χ0n) is 11.9. The van der Waals surface area contributed by atoms with Crippen LogP contribution >= 0.6 is 0 Å². The number of rotatable bonds is 0. The number of ketones is 1. The van der Waals surface area contributed by atoms with Crippen LogP contribution in [0.15, 0.2) is 12.1 Å². The first-order chi connectivity index (χ1) is 10.0. The summed E-state index contributed by atoms with van der Waals surface area (Å²) >= 11 is 0. The number of phenols is 1. The summed E-state index contributed by atoms with van der Waals surface area (Å²) in [6, 6.07) is 2.89. The lowest BCUT2D eigenvalue weighted by Crippen LogP contribution is -2.29. The molecule has 21 heavy (non-hydrogen) atoms. The van der Waals surface area contributed by atoms with Gasteiger partial charge in [0.2, 0.25) is 0 Å². The summed E-state index contributed by atoms with van der Waals surface area (Å²) in [6.45, 7) is 1.87. The fourth-order valence-electron chi connectivity index (χ4n) is 3.01. The first-order valence-corrected chi connectivity index (χ1v) is 7.28. The molecule has 2 atom stereocenters. The summed E-state index contributed by atoms with van der Waals surface area (Å²) < 4.78 is 11.2. The van der Waals surface area contributed by atoms with Crippen LogP contribution in [0.3, 0.4) is 0 Å². The van der Waals surface area contributed by atoms with Gasteiger partial charge in [-0.1, -0.05) is 0 Å². The molecule has 1 aromatic rings. The third-order valence-electron chi connectivity index (χ3n) is 3.96. The predicted molar refractivity (Wildman–Crippen MR) is 74.6 cm³/mol. The summed E-state index contributed by atoms with van der Waals surface area (Å²) in [4.78, 5) is 24.3. The number of carbonyl (C=O) groups excluding carboxylic acids is 2. The van der Waals surface area contributed by atoms with E-state index in [9.17, 15) is 14.7 Å². The molecule has 1 N–H and O–H groups in total. The van der Waals surface area contributed by atoms with Crippen molar-refractivity contribution >= 4 is 11.8 Å². The molecule has 5 nitrogen and oxygen atoms in total. The lowest BCUT2D eigenvalue weighted by atomic mass is 9.92. The quantitative estimate of drug-likeness (QED) is 0.743. The molecule has 112 valence electrons. The van der Waals surface area contributed by atoms with Gasteiger partial charge in [-0.25, -0.2) is 0 Å². The van der Waals surface area contributed by atoms with Crippen LogP contribution in [0.5, 0.6) is 11.5 Å². The van der Waals surface area contributed by atoms with Crippen LogP contribution in [0.1, 0.15) is 48.5 Å². The SMILES string of the molecule is CC1CCCC2CC(=O)c3c(cc(O)cc3O2)CC(=O)O1. The molecule has 3 aliphatic rings. The van der Waals surface area contributed by atoms with Gasteiger partial charge < -0.3 is 14.6 Å². The smallest absolute Gasteiger partial charge is 0.310 e. The van der Waals surface area contributed by atoms with Gasteiger partial charge in [0.05, 0.1) is 18.1 Å². The Morgan fingerprint density at radius 3 is 2.81 bits per heavy atom. The standard InChI is InChI=1S/C16H18O5/c1-9-3-2-4-12-8-13(18)16-10(6-15(19)20-9)5-11(17)7-14(16)21-12/h5,7,9,12,17H,2-4,6,8H2,1H3. The summed E-state index contributed by atoms with van der Waals surface area (Å²) in [7, 11) is 0. The van der Waals surface area contributed by atoms with Gasteiger partial charge in [0.25, 0.3) is 0 Å². The number of benzene rings is 1. The van der Waals surface area contributed by atoms with Crippen LogP contribution < -0.4 is 4.74 Å². The van der Waals surface area contributed by atoms with E-state index in [0.717, 1.165) is 19.3 Å². The molecule has 0 saturated carbocycles. The van der Waals surface area contributed by atoms with Gasteiger partial charge in [-0.2, -0.15) is 0 Å². The number of Topliss-reactive ketones (excluding diaryl/α,β-unsaturated/α-hetero) is 1. The molecule has 2 unspecified atom stereocenters. The van der Waals surface area contributed by atoms with Crippen LogP contribution in [0.25, 0.3) is 0 Å². The summed E-state index contributed by atoms with van der Waals surface area (Å²) in [5.74, 6) is -0.0359. The number of ether oxygens (including phenoxy) is 2. The lowest BCUT2D eigenvalue weighted by molar-refractivity contribution is -0.147. The van der Waals surface area contributed by atoms with Gasteiger partial charge in [0.15, 0.2) is 5.78 Å². The second-order valence-corrected chi connectivity index (χ2v) is 5.75. The van der Waals surface area contributed by atoms with Gasteiger partial charge in [-0.3, -0.25) is 9.59 Å². The largest absolute Gasteiger partial charge is 0.508 e. The maximum Gasteiger partial charge on any atom is 0.310 e. The van der Waals surface area contributed by atoms with E-state index in [2.05, 4.69) is 0 Å². The lowest BCUT2D eigenvalue weighted by Gasteiger charge is -2.28. The molecule has 0 aromatic heterocycles. The van der Waals surface area contributed by atoms with E-state index in [-0.39, 0.29) is 36.1 Å². The number of phenolic OH excluding ortho intramolecular Hbond substituents is 1. The van der Waals surface area contributed by atoms with E-state index in [1.54, 1.807) is 0 Å². The van der Waals surface area contributed by atoms with E-state index in [1.807, 2.05) is 6.92 Å². The van der Waals surface area contributed by atoms with Crippen LogP contribution in [0.2, 0.25) is 0 Å². The minimum Gasteiger partial charge on any atom is -0.508 e. The molecule has 0 amide bonds. The summed E-state index contributed by atoms with van der Waals surface area (Å²) in [5, 5.41) is 9.78. The molecular weight excluding hydrogens is 272 g/mol. The minimum absolute atomic E-state index is 0.00453. The number of hydrogen-bond donors (Lipinski definition) is 1. The molecule has 0 aliphatic carbocycles. The minimum atomic E-state index is -0.384. The zero-order valence-corrected chi connectivity index (χ0v) is 11.9. The fraction of sp³-hybridized carbons (Fsp3) is 0.500. The summed E-state index contributed by atoms with van der Waals surface area (Å²) in [6.07, 6.45) is 2.31. The predicted octanol–water partition coefficient (Wildman–Crippen LogP) is 2.38. The average Bonchev–Trinajstić information content (AvgIpc) is 2.35. The first-order valence-electron chi connectivity index (χ1n) is 7.28. The Kier molecular flexibility index (Phi) is 3.57. The Morgan fingerprint density at radius 2 is 2.00 bits per heavy atom. The van der Waals surface area contributed by atoms with E-state index in [1.165, 1.54) is 12.1 Å². The van der Waals surface area contributed by atoms with Crippen molar-refractivity contribution in [3.63, 3.8) is 0 Å². The van der Waals surface area contributed by atoms with Crippen LogP contribution in [-0.2, 0) is 16.0 Å². The van der Waals surface area contributed by atoms with Crippen molar-refractivity contribution in [1.29, 1.82) is 0 Å². The number of hydrogen-bond acceptors (Lipinski definition) is 5. The van der Waals surface area contributed by atoms with Crippen LogP contribution in [0.4, 0.5) is 0 Å².